The van der Waals surface area contributed by atoms with Crippen LogP contribution in [0.5, 0.6) is 0 Å². The summed E-state index contributed by atoms with van der Waals surface area (Å²) < 4.78 is 25.3. The van der Waals surface area contributed by atoms with E-state index in [1.54, 1.807) is 0 Å². The molecule has 0 radical (unpaired) electrons. The van der Waals surface area contributed by atoms with Gasteiger partial charge in [-0.1, -0.05) is 6.92 Å². The maximum atomic E-state index is 12.2. The molecular weight excluding hydrogens is 270 g/mol. The van der Waals surface area contributed by atoms with Gasteiger partial charge >= 0.3 is 0 Å². The Morgan fingerprint density at radius 2 is 2.00 bits per heavy atom. The fourth-order valence-corrected chi connectivity index (χ4v) is 2.52. The largest absolute Gasteiger partial charge is 0.384 e. The molecule has 0 unspecified atom stereocenters. The molecule has 19 heavy (non-hydrogen) atoms. The fourth-order valence-electron chi connectivity index (χ4n) is 1.44. The molecule has 0 aliphatic carbocycles. The summed E-state index contributed by atoms with van der Waals surface area (Å²) in [5.74, 6) is 0. The van der Waals surface area contributed by atoms with Gasteiger partial charge in [-0.3, -0.25) is 10.1 Å². The van der Waals surface area contributed by atoms with Crippen LogP contribution in [0.4, 0.5) is 11.4 Å². The van der Waals surface area contributed by atoms with E-state index >= 15 is 0 Å². The Kier molecular flexibility index (Phi) is 4.84. The number of nitro groups is 1. The fraction of sp³-hybridized carbons (Fsp3) is 0.455. The summed E-state index contributed by atoms with van der Waals surface area (Å²) in [6.07, 6.45) is 0.818. The third-order valence-electron chi connectivity index (χ3n) is 2.50. The maximum absolute atomic E-state index is 12.2. The Morgan fingerprint density at radius 1 is 1.37 bits per heavy atom. The van der Waals surface area contributed by atoms with Gasteiger partial charge in [0.05, 0.1) is 10.6 Å². The van der Waals surface area contributed by atoms with E-state index in [0.717, 1.165) is 16.8 Å². The van der Waals surface area contributed by atoms with E-state index in [2.05, 4.69) is 5.32 Å². The number of anilines is 1. The second-order valence-electron chi connectivity index (χ2n) is 4.15. The number of nitrogens with zero attached hydrogens (tertiary/aromatic N) is 2. The molecule has 1 aromatic rings. The number of nitro benzene ring substituents is 1. The van der Waals surface area contributed by atoms with Crippen LogP contribution in [0.25, 0.3) is 0 Å². The summed E-state index contributed by atoms with van der Waals surface area (Å²) in [6, 6.07) is 3.78. The van der Waals surface area contributed by atoms with Gasteiger partial charge in [0.15, 0.2) is 0 Å². The van der Waals surface area contributed by atoms with Crippen molar-refractivity contribution >= 4 is 21.4 Å². The molecule has 0 spiro atoms. The van der Waals surface area contributed by atoms with E-state index in [1.807, 2.05) is 6.92 Å². The first-order valence-electron chi connectivity index (χ1n) is 5.75. The number of nitrogens with one attached hydrogen (secondary N) is 1. The van der Waals surface area contributed by atoms with Crippen LogP contribution in [0.2, 0.25) is 0 Å². The van der Waals surface area contributed by atoms with Gasteiger partial charge in [-0.15, -0.1) is 0 Å². The number of rotatable bonds is 6. The highest BCUT2D eigenvalue weighted by Crippen LogP contribution is 2.28. The average molecular weight is 287 g/mol. The lowest BCUT2D eigenvalue weighted by Gasteiger charge is -2.15. The van der Waals surface area contributed by atoms with Gasteiger partial charge < -0.3 is 5.32 Å². The van der Waals surface area contributed by atoms with E-state index in [-0.39, 0.29) is 10.6 Å². The third kappa shape index (κ3) is 3.42. The summed E-state index contributed by atoms with van der Waals surface area (Å²) in [4.78, 5) is 10.1. The van der Waals surface area contributed by atoms with Crippen molar-refractivity contribution in [2.45, 2.75) is 18.2 Å². The quantitative estimate of drug-likeness (QED) is 0.634. The van der Waals surface area contributed by atoms with E-state index in [9.17, 15) is 18.5 Å². The van der Waals surface area contributed by atoms with Crippen molar-refractivity contribution in [3.05, 3.63) is 28.3 Å². The second-order valence-corrected chi connectivity index (χ2v) is 6.27. The summed E-state index contributed by atoms with van der Waals surface area (Å²) in [6.45, 7) is 2.53. The Balaban J connectivity index is 3.38. The molecule has 0 aromatic heterocycles. The minimum absolute atomic E-state index is 0.0832. The topological polar surface area (TPSA) is 92.5 Å². The molecule has 0 atom stereocenters. The number of hydrogen-bond acceptors (Lipinski definition) is 5. The first-order chi connectivity index (χ1) is 8.80. The lowest BCUT2D eigenvalue weighted by Crippen LogP contribution is -2.23. The van der Waals surface area contributed by atoms with Gasteiger partial charge in [-0.2, -0.15) is 0 Å². The van der Waals surface area contributed by atoms with Gasteiger partial charge in [0.1, 0.15) is 4.90 Å². The van der Waals surface area contributed by atoms with Crippen LogP contribution in [0.15, 0.2) is 23.1 Å². The zero-order valence-electron chi connectivity index (χ0n) is 11.1. The molecule has 7 nitrogen and oxygen atoms in total. The van der Waals surface area contributed by atoms with Gasteiger partial charge in [0, 0.05) is 32.8 Å². The van der Waals surface area contributed by atoms with Gasteiger partial charge in [-0.05, 0) is 12.5 Å². The number of sulfonamides is 1. The highest BCUT2D eigenvalue weighted by molar-refractivity contribution is 7.89. The number of hydrogen-bond donors (Lipinski definition) is 1. The van der Waals surface area contributed by atoms with Crippen LogP contribution in [0.1, 0.15) is 13.3 Å². The predicted molar refractivity (Wildman–Crippen MR) is 72.7 cm³/mol. The van der Waals surface area contributed by atoms with Gasteiger partial charge in [-0.25, -0.2) is 12.7 Å². The van der Waals surface area contributed by atoms with Crippen LogP contribution in [0.3, 0.4) is 0 Å². The second kappa shape index (κ2) is 5.98. The number of non-ortho nitro benzene ring substituents is 1. The molecule has 0 amide bonds. The Bertz CT molecular complexity index is 569. The molecular formula is C11H17N3O4S. The van der Waals surface area contributed by atoms with Crippen molar-refractivity contribution in [2.24, 2.45) is 0 Å². The van der Waals surface area contributed by atoms with Crippen molar-refractivity contribution in [3.63, 3.8) is 0 Å². The van der Waals surface area contributed by atoms with Crippen molar-refractivity contribution < 1.29 is 13.3 Å². The lowest BCUT2D eigenvalue weighted by atomic mass is 10.3. The molecule has 0 aliphatic rings. The predicted octanol–water partition coefficient (Wildman–Crippen LogP) is 1.67. The van der Waals surface area contributed by atoms with Gasteiger partial charge in [0.25, 0.3) is 5.69 Å². The zero-order valence-corrected chi connectivity index (χ0v) is 11.9. The zero-order chi connectivity index (χ0) is 14.6. The molecule has 1 rings (SSSR count). The molecule has 0 fully saturated rings. The van der Waals surface area contributed by atoms with E-state index in [4.69, 9.17) is 0 Å². The molecule has 0 saturated carbocycles. The van der Waals surface area contributed by atoms with Crippen LogP contribution in [-0.4, -0.2) is 38.3 Å². The standard InChI is InChI=1S/C11H17N3O4S/c1-4-7-12-10-6-5-9(14(15)16)8-11(10)19(17,18)13(2)3/h5-6,8,12H,4,7H2,1-3H3. The molecule has 0 bridgehead atoms. The highest BCUT2D eigenvalue weighted by atomic mass is 32.2. The molecule has 1 aromatic carbocycles. The van der Waals surface area contributed by atoms with Crippen LogP contribution < -0.4 is 5.32 Å². The number of benzene rings is 1. The Hall–Kier alpha value is -1.67. The lowest BCUT2D eigenvalue weighted by molar-refractivity contribution is -0.385. The molecule has 106 valence electrons. The van der Waals surface area contributed by atoms with E-state index < -0.39 is 14.9 Å². The normalized spacial score (nSPS) is 11.6. The van der Waals surface area contributed by atoms with Crippen LogP contribution in [-0.2, 0) is 10.0 Å². The third-order valence-corrected chi connectivity index (χ3v) is 4.36. The average Bonchev–Trinajstić information content (AvgIpc) is 2.35. The van der Waals surface area contributed by atoms with Crippen LogP contribution >= 0.6 is 0 Å². The first-order valence-corrected chi connectivity index (χ1v) is 7.19. The van der Waals surface area contributed by atoms with Crippen molar-refractivity contribution in [3.8, 4) is 0 Å². The Morgan fingerprint density at radius 3 is 2.47 bits per heavy atom. The Labute approximate surface area is 112 Å². The molecule has 1 N–H and O–H groups in total. The summed E-state index contributed by atoms with van der Waals surface area (Å²) in [5, 5.41) is 13.7. The molecule has 8 heteroatoms. The summed E-state index contributed by atoms with van der Waals surface area (Å²) in [5.41, 5.74) is 0.128. The van der Waals surface area contributed by atoms with Crippen molar-refractivity contribution in [1.29, 1.82) is 0 Å². The van der Waals surface area contributed by atoms with E-state index in [0.29, 0.717) is 12.2 Å². The van der Waals surface area contributed by atoms with Crippen LogP contribution in [0, 0.1) is 10.1 Å². The summed E-state index contributed by atoms with van der Waals surface area (Å²) in [7, 11) is -0.954. The molecule has 0 aliphatic heterocycles. The minimum atomic E-state index is -3.73. The minimum Gasteiger partial charge on any atom is -0.384 e. The maximum Gasteiger partial charge on any atom is 0.270 e. The highest BCUT2D eigenvalue weighted by Gasteiger charge is 2.24. The first kappa shape index (κ1) is 15.4. The molecule has 0 saturated heterocycles. The SMILES string of the molecule is CCCNc1ccc([N+](=O)[O-])cc1S(=O)(=O)N(C)C. The smallest absolute Gasteiger partial charge is 0.270 e. The summed E-state index contributed by atoms with van der Waals surface area (Å²) >= 11 is 0. The van der Waals surface area contributed by atoms with Gasteiger partial charge in [0.2, 0.25) is 10.0 Å². The van der Waals surface area contributed by atoms with E-state index in [1.165, 1.54) is 26.2 Å². The van der Waals surface area contributed by atoms with Crippen molar-refractivity contribution in [1.82, 2.24) is 4.31 Å². The molecule has 0 heterocycles. The monoisotopic (exact) mass is 287 g/mol. The van der Waals surface area contributed by atoms with Crippen molar-refractivity contribution in [2.75, 3.05) is 26.0 Å².